The monoisotopic (exact) mass is 275 g/mol. The van der Waals surface area contributed by atoms with E-state index in [1.54, 1.807) is 14.2 Å². The number of nitrogens with one attached hydrogen (secondary N) is 1. The van der Waals surface area contributed by atoms with E-state index in [0.29, 0.717) is 0 Å². The van der Waals surface area contributed by atoms with Crippen molar-refractivity contribution >= 4 is 0 Å². The first-order chi connectivity index (χ1) is 9.67. The van der Waals surface area contributed by atoms with Crippen LogP contribution >= 0.6 is 0 Å². The normalized spacial score (nSPS) is 12.2. The lowest BCUT2D eigenvalue weighted by Gasteiger charge is -2.20. The molecule has 1 N–H and O–H groups in total. The lowest BCUT2D eigenvalue weighted by atomic mass is 10.1. The number of ether oxygens (including phenoxy) is 2. The van der Waals surface area contributed by atoms with Crippen molar-refractivity contribution in [2.24, 2.45) is 0 Å². The zero-order chi connectivity index (χ0) is 14.5. The van der Waals surface area contributed by atoms with E-state index in [2.05, 4.69) is 10.4 Å². The molecule has 0 fully saturated rings. The Morgan fingerprint density at radius 2 is 2.10 bits per heavy atom. The molecule has 1 heterocycles. The van der Waals surface area contributed by atoms with Gasteiger partial charge in [-0.2, -0.15) is 5.10 Å². The van der Waals surface area contributed by atoms with Gasteiger partial charge in [-0.05, 0) is 31.7 Å². The maximum atomic E-state index is 5.46. The quantitative estimate of drug-likeness (QED) is 0.877. The van der Waals surface area contributed by atoms with E-state index >= 15 is 0 Å². The van der Waals surface area contributed by atoms with Gasteiger partial charge in [0.1, 0.15) is 11.5 Å². The smallest absolute Gasteiger partial charge is 0.127 e. The fraction of sp³-hybridized carbons (Fsp3) is 0.400. The first-order valence-electron chi connectivity index (χ1n) is 6.56. The predicted octanol–water partition coefficient (Wildman–Crippen LogP) is 2.17. The number of rotatable bonds is 6. The number of likely N-dealkylation sites (N-methyl/N-ethyl adjacent to an activating group) is 1. The van der Waals surface area contributed by atoms with E-state index < -0.39 is 0 Å². The van der Waals surface area contributed by atoms with E-state index in [9.17, 15) is 0 Å². The molecule has 0 bridgehead atoms. The summed E-state index contributed by atoms with van der Waals surface area (Å²) in [5.41, 5.74) is 2.24. The minimum Gasteiger partial charge on any atom is -0.497 e. The Morgan fingerprint density at radius 1 is 1.30 bits per heavy atom. The third-order valence-corrected chi connectivity index (χ3v) is 3.30. The van der Waals surface area contributed by atoms with Crippen molar-refractivity contribution in [3.05, 3.63) is 41.7 Å². The van der Waals surface area contributed by atoms with Gasteiger partial charge in [-0.1, -0.05) is 0 Å². The first-order valence-corrected chi connectivity index (χ1v) is 6.56. The molecule has 0 aliphatic rings. The van der Waals surface area contributed by atoms with Crippen molar-refractivity contribution in [3.63, 3.8) is 0 Å². The molecule has 1 unspecified atom stereocenters. The van der Waals surface area contributed by atoms with Crippen molar-refractivity contribution in [1.82, 2.24) is 15.1 Å². The largest absolute Gasteiger partial charge is 0.497 e. The highest BCUT2D eigenvalue weighted by atomic mass is 16.5. The molecule has 0 saturated heterocycles. The standard InChI is InChI=1S/C15H21N3O2/c1-11-8-17-18(9-11)10-14(16-2)13-6-5-12(19-3)7-15(13)20-4/h5-9,14,16H,10H2,1-4H3. The summed E-state index contributed by atoms with van der Waals surface area (Å²) in [6.45, 7) is 2.78. The number of methoxy groups -OCH3 is 2. The molecule has 0 aliphatic carbocycles. The van der Waals surface area contributed by atoms with Gasteiger partial charge in [0.2, 0.25) is 0 Å². The highest BCUT2D eigenvalue weighted by molar-refractivity contribution is 5.42. The van der Waals surface area contributed by atoms with Crippen LogP contribution in [-0.4, -0.2) is 31.0 Å². The molecular weight excluding hydrogens is 254 g/mol. The minimum absolute atomic E-state index is 0.121. The molecule has 20 heavy (non-hydrogen) atoms. The number of hydrogen-bond donors (Lipinski definition) is 1. The molecule has 0 aliphatic heterocycles. The van der Waals surface area contributed by atoms with Crippen LogP contribution in [0.3, 0.4) is 0 Å². The van der Waals surface area contributed by atoms with Crippen LogP contribution in [0.4, 0.5) is 0 Å². The molecule has 1 aromatic heterocycles. The first kappa shape index (κ1) is 14.4. The Hall–Kier alpha value is -2.01. The molecular formula is C15H21N3O2. The zero-order valence-electron chi connectivity index (χ0n) is 12.4. The van der Waals surface area contributed by atoms with E-state index in [1.807, 2.05) is 49.2 Å². The predicted molar refractivity (Wildman–Crippen MR) is 78.3 cm³/mol. The van der Waals surface area contributed by atoms with Gasteiger partial charge < -0.3 is 14.8 Å². The third-order valence-electron chi connectivity index (χ3n) is 3.30. The summed E-state index contributed by atoms with van der Waals surface area (Å²) in [5, 5.41) is 7.64. The van der Waals surface area contributed by atoms with Crippen LogP contribution in [0.2, 0.25) is 0 Å². The number of hydrogen-bond acceptors (Lipinski definition) is 4. The number of nitrogens with zero attached hydrogens (tertiary/aromatic N) is 2. The van der Waals surface area contributed by atoms with Crippen LogP contribution < -0.4 is 14.8 Å². The molecule has 0 spiro atoms. The van der Waals surface area contributed by atoms with Crippen LogP contribution in [0, 0.1) is 6.92 Å². The van der Waals surface area contributed by atoms with Crippen molar-refractivity contribution in [2.75, 3.05) is 21.3 Å². The van der Waals surface area contributed by atoms with E-state index in [1.165, 1.54) is 0 Å². The highest BCUT2D eigenvalue weighted by Gasteiger charge is 2.16. The van der Waals surface area contributed by atoms with Gasteiger partial charge in [0, 0.05) is 17.8 Å². The number of aromatic nitrogens is 2. The summed E-state index contributed by atoms with van der Waals surface area (Å²) in [6, 6.07) is 5.98. The van der Waals surface area contributed by atoms with Crippen molar-refractivity contribution in [2.45, 2.75) is 19.5 Å². The molecule has 1 atom stereocenters. The summed E-state index contributed by atoms with van der Waals surface area (Å²) in [6.07, 6.45) is 3.89. The summed E-state index contributed by atoms with van der Waals surface area (Å²) in [4.78, 5) is 0. The Morgan fingerprint density at radius 3 is 2.65 bits per heavy atom. The van der Waals surface area contributed by atoms with Gasteiger partial charge in [-0.3, -0.25) is 4.68 Å². The lowest BCUT2D eigenvalue weighted by molar-refractivity contribution is 0.379. The summed E-state index contributed by atoms with van der Waals surface area (Å²) in [5.74, 6) is 1.60. The minimum atomic E-state index is 0.121. The molecule has 2 rings (SSSR count). The van der Waals surface area contributed by atoms with Crippen LogP contribution in [0.5, 0.6) is 11.5 Å². The Kier molecular flexibility index (Phi) is 4.63. The van der Waals surface area contributed by atoms with Crippen molar-refractivity contribution < 1.29 is 9.47 Å². The lowest BCUT2D eigenvalue weighted by Crippen LogP contribution is -2.22. The van der Waals surface area contributed by atoms with E-state index in [0.717, 1.165) is 29.2 Å². The fourth-order valence-corrected chi connectivity index (χ4v) is 2.21. The maximum Gasteiger partial charge on any atom is 0.127 e. The Labute approximate surface area is 119 Å². The second kappa shape index (κ2) is 6.43. The van der Waals surface area contributed by atoms with Gasteiger partial charge in [0.05, 0.1) is 33.0 Å². The molecule has 0 amide bonds. The average Bonchev–Trinajstić information content (AvgIpc) is 2.89. The Bertz CT molecular complexity index is 566. The van der Waals surface area contributed by atoms with Crippen LogP contribution in [0.1, 0.15) is 17.2 Å². The van der Waals surface area contributed by atoms with Crippen LogP contribution in [0.15, 0.2) is 30.6 Å². The van der Waals surface area contributed by atoms with E-state index in [-0.39, 0.29) is 6.04 Å². The van der Waals surface area contributed by atoms with Crippen LogP contribution in [-0.2, 0) is 6.54 Å². The van der Waals surface area contributed by atoms with E-state index in [4.69, 9.17) is 9.47 Å². The molecule has 2 aromatic rings. The number of aryl methyl sites for hydroxylation is 1. The van der Waals surface area contributed by atoms with Crippen LogP contribution in [0.25, 0.3) is 0 Å². The summed E-state index contributed by atoms with van der Waals surface area (Å²) >= 11 is 0. The maximum absolute atomic E-state index is 5.46. The summed E-state index contributed by atoms with van der Waals surface area (Å²) < 4.78 is 12.6. The Balaban J connectivity index is 2.26. The van der Waals surface area contributed by atoms with Gasteiger partial charge in [-0.15, -0.1) is 0 Å². The van der Waals surface area contributed by atoms with Gasteiger partial charge in [0.25, 0.3) is 0 Å². The zero-order valence-corrected chi connectivity index (χ0v) is 12.4. The van der Waals surface area contributed by atoms with Crippen molar-refractivity contribution in [3.8, 4) is 11.5 Å². The third kappa shape index (κ3) is 3.11. The highest BCUT2D eigenvalue weighted by Crippen LogP contribution is 2.30. The van der Waals surface area contributed by atoms with Crippen molar-refractivity contribution in [1.29, 1.82) is 0 Å². The van der Waals surface area contributed by atoms with Gasteiger partial charge >= 0.3 is 0 Å². The van der Waals surface area contributed by atoms with Gasteiger partial charge in [-0.25, -0.2) is 0 Å². The topological polar surface area (TPSA) is 48.3 Å². The molecule has 1 aromatic carbocycles. The van der Waals surface area contributed by atoms with Gasteiger partial charge in [0.15, 0.2) is 0 Å². The summed E-state index contributed by atoms with van der Waals surface area (Å²) in [7, 11) is 5.25. The average molecular weight is 275 g/mol. The molecule has 5 nitrogen and oxygen atoms in total. The second-order valence-electron chi connectivity index (χ2n) is 4.69. The molecule has 5 heteroatoms. The fourth-order valence-electron chi connectivity index (χ4n) is 2.21. The molecule has 108 valence electrons. The number of benzene rings is 1. The molecule has 0 radical (unpaired) electrons. The second-order valence-corrected chi connectivity index (χ2v) is 4.69. The molecule has 0 saturated carbocycles. The SMILES string of the molecule is CNC(Cn1cc(C)cn1)c1ccc(OC)cc1OC.